The van der Waals surface area contributed by atoms with Gasteiger partial charge in [-0.2, -0.15) is 0 Å². The summed E-state index contributed by atoms with van der Waals surface area (Å²) in [4.78, 5) is 6.70. The van der Waals surface area contributed by atoms with Gasteiger partial charge >= 0.3 is 0 Å². The van der Waals surface area contributed by atoms with Crippen molar-refractivity contribution in [2.75, 3.05) is 18.0 Å². The van der Waals surface area contributed by atoms with Gasteiger partial charge in [0, 0.05) is 31.0 Å². The molecule has 1 N–H and O–H groups in total. The molecule has 0 amide bonds. The first kappa shape index (κ1) is 13.9. The second-order valence-electron chi connectivity index (χ2n) is 5.57. The van der Waals surface area contributed by atoms with E-state index in [0.29, 0.717) is 12.6 Å². The highest BCUT2D eigenvalue weighted by Crippen LogP contribution is 2.31. The van der Waals surface area contributed by atoms with Crippen LogP contribution in [0.1, 0.15) is 32.4 Å². The highest BCUT2D eigenvalue weighted by atomic mass is 15.1. The first-order valence-corrected chi connectivity index (χ1v) is 7.05. The molecule has 102 valence electrons. The van der Waals surface area contributed by atoms with E-state index in [4.69, 9.17) is 6.42 Å². The normalized spacial score (nSPS) is 14.4. The quantitative estimate of drug-likeness (QED) is 0.760. The summed E-state index contributed by atoms with van der Waals surface area (Å²) < 4.78 is 0. The summed E-state index contributed by atoms with van der Waals surface area (Å²) in [6.07, 6.45) is 10.0. The molecule has 0 radical (unpaired) electrons. The van der Waals surface area contributed by atoms with E-state index >= 15 is 0 Å². The zero-order chi connectivity index (χ0) is 13.7. The molecule has 1 aromatic rings. The summed E-state index contributed by atoms with van der Waals surface area (Å²) in [7, 11) is 0. The first-order valence-electron chi connectivity index (χ1n) is 7.05. The zero-order valence-electron chi connectivity index (χ0n) is 11.9. The molecule has 1 aliphatic carbocycles. The van der Waals surface area contributed by atoms with Crippen LogP contribution in [0, 0.1) is 18.3 Å². The number of nitrogens with one attached hydrogen (secondary N) is 1. The minimum absolute atomic E-state index is 0.471. The maximum atomic E-state index is 5.48. The molecule has 0 unspecified atom stereocenters. The van der Waals surface area contributed by atoms with E-state index < -0.39 is 0 Å². The number of aromatic nitrogens is 1. The average Bonchev–Trinajstić information content (AvgIpc) is 3.20. The van der Waals surface area contributed by atoms with Crippen LogP contribution in [0.4, 0.5) is 5.69 Å². The third kappa shape index (κ3) is 4.57. The molecule has 1 aromatic heterocycles. The van der Waals surface area contributed by atoms with Crippen molar-refractivity contribution in [1.82, 2.24) is 10.3 Å². The van der Waals surface area contributed by atoms with Crippen LogP contribution in [0.5, 0.6) is 0 Å². The number of nitrogens with zero attached hydrogens (tertiary/aromatic N) is 2. The molecule has 0 saturated heterocycles. The Morgan fingerprint density at radius 2 is 2.32 bits per heavy atom. The Kier molecular flexibility index (Phi) is 4.81. The molecule has 0 bridgehead atoms. The van der Waals surface area contributed by atoms with Crippen LogP contribution in [0.15, 0.2) is 18.3 Å². The standard InChI is InChI=1S/C16H23N3/c1-4-9-19(12-14-5-6-14)16-7-8-17-15(10-16)11-18-13(2)3/h1,7-8,10,13-14,18H,5-6,9,11-12H2,2-3H3. The van der Waals surface area contributed by atoms with Crippen molar-refractivity contribution in [2.24, 2.45) is 5.92 Å². The van der Waals surface area contributed by atoms with Gasteiger partial charge in [0.25, 0.3) is 0 Å². The van der Waals surface area contributed by atoms with Gasteiger partial charge in [0.1, 0.15) is 0 Å². The minimum atomic E-state index is 0.471. The molecule has 1 aliphatic rings. The molecule has 0 aliphatic heterocycles. The van der Waals surface area contributed by atoms with Crippen LogP contribution in [-0.4, -0.2) is 24.1 Å². The summed E-state index contributed by atoms with van der Waals surface area (Å²) >= 11 is 0. The minimum Gasteiger partial charge on any atom is -0.360 e. The summed E-state index contributed by atoms with van der Waals surface area (Å²) in [5, 5.41) is 3.39. The molecule has 2 rings (SSSR count). The highest BCUT2D eigenvalue weighted by Gasteiger charge is 2.24. The maximum Gasteiger partial charge on any atom is 0.0791 e. The van der Waals surface area contributed by atoms with E-state index in [1.807, 2.05) is 6.20 Å². The fourth-order valence-electron chi connectivity index (χ4n) is 2.05. The Morgan fingerprint density at radius 3 is 2.95 bits per heavy atom. The third-order valence-corrected chi connectivity index (χ3v) is 3.31. The lowest BCUT2D eigenvalue weighted by molar-refractivity contribution is 0.581. The lowest BCUT2D eigenvalue weighted by atomic mass is 10.2. The Bertz CT molecular complexity index is 444. The summed E-state index contributed by atoms with van der Waals surface area (Å²) in [5.74, 6) is 3.59. The van der Waals surface area contributed by atoms with E-state index in [-0.39, 0.29) is 0 Å². The van der Waals surface area contributed by atoms with Gasteiger partial charge < -0.3 is 10.2 Å². The van der Waals surface area contributed by atoms with Crippen LogP contribution < -0.4 is 10.2 Å². The van der Waals surface area contributed by atoms with Gasteiger partial charge in [-0.1, -0.05) is 19.8 Å². The van der Waals surface area contributed by atoms with Gasteiger partial charge in [-0.15, -0.1) is 6.42 Å². The molecule has 1 heterocycles. The zero-order valence-corrected chi connectivity index (χ0v) is 11.9. The number of rotatable bonds is 7. The number of terminal acetylenes is 1. The molecule has 19 heavy (non-hydrogen) atoms. The predicted molar refractivity (Wildman–Crippen MR) is 80.0 cm³/mol. The highest BCUT2D eigenvalue weighted by molar-refractivity contribution is 5.48. The van der Waals surface area contributed by atoms with Crippen molar-refractivity contribution in [1.29, 1.82) is 0 Å². The fourth-order valence-corrected chi connectivity index (χ4v) is 2.05. The van der Waals surface area contributed by atoms with Gasteiger partial charge in [-0.25, -0.2) is 0 Å². The van der Waals surface area contributed by atoms with Gasteiger partial charge in [0.2, 0.25) is 0 Å². The maximum absolute atomic E-state index is 5.48. The molecule has 3 nitrogen and oxygen atoms in total. The van der Waals surface area contributed by atoms with Gasteiger partial charge in [0.05, 0.1) is 12.2 Å². The second kappa shape index (κ2) is 6.58. The Balaban J connectivity index is 2.03. The fraction of sp³-hybridized carbons (Fsp3) is 0.562. The molecule has 1 fully saturated rings. The van der Waals surface area contributed by atoms with Crippen LogP contribution in [0.3, 0.4) is 0 Å². The summed E-state index contributed by atoms with van der Waals surface area (Å²) in [6.45, 7) is 6.84. The Labute approximate surface area is 116 Å². The number of anilines is 1. The van der Waals surface area contributed by atoms with Gasteiger partial charge in [0.15, 0.2) is 0 Å². The largest absolute Gasteiger partial charge is 0.360 e. The number of hydrogen-bond donors (Lipinski definition) is 1. The monoisotopic (exact) mass is 257 g/mol. The molecular weight excluding hydrogens is 234 g/mol. The number of pyridine rings is 1. The topological polar surface area (TPSA) is 28.2 Å². The smallest absolute Gasteiger partial charge is 0.0791 e. The third-order valence-electron chi connectivity index (χ3n) is 3.31. The van der Waals surface area contributed by atoms with Crippen LogP contribution in [0.2, 0.25) is 0 Å². The molecule has 0 atom stereocenters. The van der Waals surface area contributed by atoms with Crippen LogP contribution in [-0.2, 0) is 6.54 Å². The van der Waals surface area contributed by atoms with Crippen molar-refractivity contribution in [3.05, 3.63) is 24.0 Å². The van der Waals surface area contributed by atoms with Crippen molar-refractivity contribution < 1.29 is 0 Å². The molecule has 0 spiro atoms. The Morgan fingerprint density at radius 1 is 1.53 bits per heavy atom. The molecule has 3 heteroatoms. The van der Waals surface area contributed by atoms with E-state index in [0.717, 1.165) is 24.7 Å². The Hall–Kier alpha value is -1.53. The van der Waals surface area contributed by atoms with Crippen LogP contribution >= 0.6 is 0 Å². The average molecular weight is 257 g/mol. The number of hydrogen-bond acceptors (Lipinski definition) is 3. The van der Waals surface area contributed by atoms with Crippen molar-refractivity contribution >= 4 is 5.69 Å². The van der Waals surface area contributed by atoms with Crippen molar-refractivity contribution in [3.63, 3.8) is 0 Å². The predicted octanol–water partition coefficient (Wildman–Crippen LogP) is 2.43. The van der Waals surface area contributed by atoms with Crippen molar-refractivity contribution in [3.8, 4) is 12.3 Å². The lowest BCUT2D eigenvalue weighted by Gasteiger charge is -2.22. The van der Waals surface area contributed by atoms with E-state index in [9.17, 15) is 0 Å². The van der Waals surface area contributed by atoms with Gasteiger partial charge in [-0.3, -0.25) is 4.98 Å². The SMILES string of the molecule is C#CCN(CC1CC1)c1ccnc(CNC(C)C)c1. The first-order chi connectivity index (χ1) is 9.19. The molecule has 1 saturated carbocycles. The van der Waals surface area contributed by atoms with Crippen molar-refractivity contribution in [2.45, 2.75) is 39.3 Å². The van der Waals surface area contributed by atoms with E-state index in [1.165, 1.54) is 18.5 Å². The van der Waals surface area contributed by atoms with Gasteiger partial charge in [-0.05, 0) is 30.9 Å². The van der Waals surface area contributed by atoms with E-state index in [1.54, 1.807) is 0 Å². The van der Waals surface area contributed by atoms with Crippen LogP contribution in [0.25, 0.3) is 0 Å². The summed E-state index contributed by atoms with van der Waals surface area (Å²) in [5.41, 5.74) is 2.27. The molecule has 0 aromatic carbocycles. The molecular formula is C16H23N3. The summed E-state index contributed by atoms with van der Waals surface area (Å²) in [6, 6.07) is 4.67. The lowest BCUT2D eigenvalue weighted by Crippen LogP contribution is -2.27. The second-order valence-corrected chi connectivity index (χ2v) is 5.57. The van der Waals surface area contributed by atoms with E-state index in [2.05, 4.69) is 47.1 Å².